The fraction of sp³-hybridized carbons (Fsp3) is 0.208. The quantitative estimate of drug-likeness (QED) is 0.549. The van der Waals surface area contributed by atoms with Crippen molar-refractivity contribution in [1.82, 2.24) is 4.98 Å². The van der Waals surface area contributed by atoms with E-state index in [4.69, 9.17) is 9.84 Å². The fourth-order valence-electron chi connectivity index (χ4n) is 2.79. The first-order valence-corrected chi connectivity index (χ1v) is 9.82. The van der Waals surface area contributed by atoms with Crippen molar-refractivity contribution in [2.45, 2.75) is 33.0 Å². The number of hydrogen-bond donors (Lipinski definition) is 3. The van der Waals surface area contributed by atoms with Crippen molar-refractivity contribution >= 4 is 23.4 Å². The maximum absolute atomic E-state index is 12.7. The Morgan fingerprint density at radius 3 is 2.13 bits per heavy atom. The topological polar surface area (TPSA) is 101 Å². The second kappa shape index (κ2) is 9.40. The summed E-state index contributed by atoms with van der Waals surface area (Å²) in [6, 6.07) is 17.5. The Labute approximate surface area is 181 Å². The van der Waals surface area contributed by atoms with E-state index in [1.54, 1.807) is 81.6 Å². The molecule has 0 saturated heterocycles. The van der Waals surface area contributed by atoms with E-state index in [1.807, 2.05) is 6.07 Å². The van der Waals surface area contributed by atoms with Crippen LogP contribution in [0.25, 0.3) is 11.3 Å². The van der Waals surface area contributed by atoms with E-state index in [0.717, 1.165) is 16.8 Å². The molecule has 2 aromatic carbocycles. The summed E-state index contributed by atoms with van der Waals surface area (Å²) in [5, 5.41) is 14.6. The molecule has 0 aliphatic carbocycles. The molecule has 0 saturated carbocycles. The lowest BCUT2D eigenvalue weighted by Crippen LogP contribution is -2.27. The lowest BCUT2D eigenvalue weighted by molar-refractivity contribution is 0.0635. The highest BCUT2D eigenvalue weighted by Gasteiger charge is 2.18. The molecule has 3 aromatic rings. The van der Waals surface area contributed by atoms with Gasteiger partial charge in [-0.25, -0.2) is 4.79 Å². The fourth-order valence-corrected chi connectivity index (χ4v) is 2.79. The predicted octanol–water partition coefficient (Wildman–Crippen LogP) is 4.84. The molecular weight excluding hydrogens is 394 g/mol. The zero-order valence-electron chi connectivity index (χ0n) is 17.7. The van der Waals surface area contributed by atoms with Gasteiger partial charge in [0.1, 0.15) is 5.60 Å². The van der Waals surface area contributed by atoms with E-state index < -0.39 is 11.7 Å². The Balaban J connectivity index is 1.71. The average molecular weight is 419 g/mol. The highest BCUT2D eigenvalue weighted by Crippen LogP contribution is 2.24. The van der Waals surface area contributed by atoms with Crippen molar-refractivity contribution in [2.75, 3.05) is 10.6 Å². The minimum Gasteiger partial charge on any atom is -0.444 e. The van der Waals surface area contributed by atoms with E-state index in [0.29, 0.717) is 16.9 Å². The van der Waals surface area contributed by atoms with Crippen molar-refractivity contribution in [3.05, 3.63) is 78.0 Å². The van der Waals surface area contributed by atoms with Crippen LogP contribution in [0.15, 0.2) is 66.9 Å². The van der Waals surface area contributed by atoms with Crippen molar-refractivity contribution in [3.63, 3.8) is 0 Å². The summed E-state index contributed by atoms with van der Waals surface area (Å²) in [5.74, 6) is -0.312. The van der Waals surface area contributed by atoms with Gasteiger partial charge in [0.15, 0.2) is 0 Å². The molecule has 0 aliphatic heterocycles. The third-order valence-corrected chi connectivity index (χ3v) is 4.26. The van der Waals surface area contributed by atoms with Gasteiger partial charge in [0.05, 0.1) is 23.7 Å². The molecule has 0 fully saturated rings. The number of aliphatic hydroxyl groups is 1. The summed E-state index contributed by atoms with van der Waals surface area (Å²) in [7, 11) is 0. The highest BCUT2D eigenvalue weighted by atomic mass is 16.6. The van der Waals surface area contributed by atoms with Gasteiger partial charge in [-0.05, 0) is 56.7 Å². The first-order valence-electron chi connectivity index (χ1n) is 9.82. The molecule has 2 amide bonds. The number of nitrogens with zero attached hydrogens (tertiary/aromatic N) is 1. The Bertz CT molecular complexity index is 1060. The van der Waals surface area contributed by atoms with Crippen LogP contribution in [0.1, 0.15) is 36.7 Å². The molecule has 0 bridgehead atoms. The SMILES string of the molecule is CC(C)(C)OC(=O)Nc1ccccc1NC(=O)c1ccc(-c2ccc(CO)cn2)cc1. The first kappa shape index (κ1) is 22.0. The zero-order valence-corrected chi connectivity index (χ0v) is 17.7. The van der Waals surface area contributed by atoms with E-state index in [1.165, 1.54) is 0 Å². The Morgan fingerprint density at radius 2 is 1.58 bits per heavy atom. The predicted molar refractivity (Wildman–Crippen MR) is 120 cm³/mol. The third kappa shape index (κ3) is 6.13. The largest absolute Gasteiger partial charge is 0.444 e. The number of anilines is 2. The van der Waals surface area contributed by atoms with Crippen molar-refractivity contribution in [2.24, 2.45) is 0 Å². The normalized spacial score (nSPS) is 11.0. The van der Waals surface area contributed by atoms with Crippen LogP contribution in [0.3, 0.4) is 0 Å². The van der Waals surface area contributed by atoms with Crippen LogP contribution in [0.5, 0.6) is 0 Å². The maximum Gasteiger partial charge on any atom is 0.412 e. The number of aromatic nitrogens is 1. The van der Waals surface area contributed by atoms with Crippen molar-refractivity contribution in [3.8, 4) is 11.3 Å². The molecule has 160 valence electrons. The van der Waals surface area contributed by atoms with E-state index in [2.05, 4.69) is 15.6 Å². The monoisotopic (exact) mass is 419 g/mol. The van der Waals surface area contributed by atoms with Crippen LogP contribution in [0.4, 0.5) is 16.2 Å². The van der Waals surface area contributed by atoms with Gasteiger partial charge in [-0.3, -0.25) is 15.1 Å². The summed E-state index contributed by atoms with van der Waals surface area (Å²) in [5.41, 5.74) is 3.07. The number of carbonyl (C=O) groups is 2. The Hall–Kier alpha value is -3.71. The number of benzene rings is 2. The number of ether oxygens (including phenoxy) is 1. The van der Waals surface area contributed by atoms with Crippen LogP contribution in [-0.2, 0) is 11.3 Å². The number of pyridine rings is 1. The van der Waals surface area contributed by atoms with Crippen LogP contribution < -0.4 is 10.6 Å². The van der Waals surface area contributed by atoms with E-state index >= 15 is 0 Å². The van der Waals surface area contributed by atoms with Gasteiger partial charge in [0.2, 0.25) is 0 Å². The minimum atomic E-state index is -0.628. The molecule has 3 N–H and O–H groups in total. The molecule has 1 aromatic heterocycles. The van der Waals surface area contributed by atoms with Crippen LogP contribution in [0, 0.1) is 0 Å². The zero-order chi connectivity index (χ0) is 22.4. The number of carbonyl (C=O) groups excluding carboxylic acids is 2. The molecule has 1 heterocycles. The molecule has 7 nitrogen and oxygen atoms in total. The lowest BCUT2D eigenvalue weighted by atomic mass is 10.1. The molecule has 3 rings (SSSR count). The van der Waals surface area contributed by atoms with Crippen LogP contribution in [0.2, 0.25) is 0 Å². The summed E-state index contributed by atoms with van der Waals surface area (Å²) >= 11 is 0. The molecule has 0 aliphatic rings. The number of nitrogens with one attached hydrogen (secondary N) is 2. The van der Waals surface area contributed by atoms with Gasteiger partial charge < -0.3 is 15.2 Å². The van der Waals surface area contributed by atoms with Gasteiger partial charge in [0, 0.05) is 17.3 Å². The molecular formula is C24H25N3O4. The van der Waals surface area contributed by atoms with Gasteiger partial charge >= 0.3 is 6.09 Å². The van der Waals surface area contributed by atoms with E-state index in [9.17, 15) is 9.59 Å². The Morgan fingerprint density at radius 1 is 0.935 bits per heavy atom. The molecule has 7 heteroatoms. The molecule has 31 heavy (non-hydrogen) atoms. The lowest BCUT2D eigenvalue weighted by Gasteiger charge is -2.20. The van der Waals surface area contributed by atoms with Gasteiger partial charge in [-0.15, -0.1) is 0 Å². The number of rotatable bonds is 5. The summed E-state index contributed by atoms with van der Waals surface area (Å²) in [4.78, 5) is 29.1. The molecule has 0 atom stereocenters. The highest BCUT2D eigenvalue weighted by molar-refractivity contribution is 6.07. The average Bonchev–Trinajstić information content (AvgIpc) is 2.74. The number of hydrogen-bond acceptors (Lipinski definition) is 5. The first-order chi connectivity index (χ1) is 14.7. The standard InChI is InChI=1S/C24H25N3O4/c1-24(2,3)31-23(30)27-21-7-5-4-6-20(21)26-22(29)18-11-9-17(10-12-18)19-13-8-16(15-28)14-25-19/h4-14,28H,15H2,1-3H3,(H,26,29)(H,27,30). The van der Waals surface area contributed by atoms with Crippen molar-refractivity contribution in [1.29, 1.82) is 0 Å². The molecule has 0 radical (unpaired) electrons. The summed E-state index contributed by atoms with van der Waals surface area (Å²) in [6.45, 7) is 5.28. The number of aliphatic hydroxyl groups excluding tert-OH is 1. The van der Waals surface area contributed by atoms with Gasteiger partial charge in [-0.1, -0.05) is 30.3 Å². The minimum absolute atomic E-state index is 0.0589. The molecule has 0 unspecified atom stereocenters. The second-order valence-electron chi connectivity index (χ2n) is 7.91. The van der Waals surface area contributed by atoms with E-state index in [-0.39, 0.29) is 12.5 Å². The van der Waals surface area contributed by atoms with Crippen LogP contribution in [-0.4, -0.2) is 27.7 Å². The number of amides is 2. The summed E-state index contributed by atoms with van der Waals surface area (Å²) in [6.07, 6.45) is 1.02. The van der Waals surface area contributed by atoms with Crippen LogP contribution >= 0.6 is 0 Å². The maximum atomic E-state index is 12.7. The van der Waals surface area contributed by atoms with Crippen molar-refractivity contribution < 1.29 is 19.4 Å². The second-order valence-corrected chi connectivity index (χ2v) is 7.91. The Kier molecular flexibility index (Phi) is 6.67. The van der Waals surface area contributed by atoms with Gasteiger partial charge in [0.25, 0.3) is 5.91 Å². The smallest absolute Gasteiger partial charge is 0.412 e. The summed E-state index contributed by atoms with van der Waals surface area (Å²) < 4.78 is 5.27. The third-order valence-electron chi connectivity index (χ3n) is 4.26. The number of para-hydroxylation sites is 2. The molecule has 0 spiro atoms. The van der Waals surface area contributed by atoms with Gasteiger partial charge in [-0.2, -0.15) is 0 Å².